The number of nitrogens with one attached hydrogen (secondary N) is 1. The number of benzene rings is 1. The number of hydrogen-bond acceptors (Lipinski definition) is 4. The van der Waals surface area contributed by atoms with Crippen LogP contribution in [0, 0.1) is 18.8 Å². The van der Waals surface area contributed by atoms with Gasteiger partial charge in [0.05, 0.1) is 13.1 Å². The molecule has 2 aromatic rings. The standard InChI is InChI=1S/C15H17N5O/c1-11-12(6-4-8-16)5-3-7-13(11)15(21)17-9-14-18-10-20(2)19-14/h3,5,7,10H,8-9,16H2,1-2H3,(H,17,21). The number of hydrogen-bond donors (Lipinski definition) is 2. The lowest BCUT2D eigenvalue weighted by Crippen LogP contribution is -2.24. The van der Waals surface area contributed by atoms with Crippen molar-refractivity contribution >= 4 is 5.91 Å². The zero-order valence-electron chi connectivity index (χ0n) is 12.1. The predicted octanol–water partition coefficient (Wildman–Crippen LogP) is 0.364. The summed E-state index contributed by atoms with van der Waals surface area (Å²) in [6, 6.07) is 5.45. The minimum absolute atomic E-state index is 0.170. The monoisotopic (exact) mass is 283 g/mol. The molecule has 1 aromatic heterocycles. The van der Waals surface area contributed by atoms with Gasteiger partial charge in [-0.25, -0.2) is 4.98 Å². The van der Waals surface area contributed by atoms with Crippen molar-refractivity contribution in [1.82, 2.24) is 20.1 Å². The lowest BCUT2D eigenvalue weighted by molar-refractivity contribution is 0.0949. The van der Waals surface area contributed by atoms with Gasteiger partial charge in [-0.05, 0) is 24.6 Å². The molecule has 6 nitrogen and oxygen atoms in total. The summed E-state index contributed by atoms with van der Waals surface area (Å²) < 4.78 is 1.59. The van der Waals surface area contributed by atoms with Gasteiger partial charge in [0, 0.05) is 18.2 Å². The highest BCUT2D eigenvalue weighted by Crippen LogP contribution is 2.13. The van der Waals surface area contributed by atoms with Crippen LogP contribution in [0.25, 0.3) is 0 Å². The number of nitrogens with two attached hydrogens (primary N) is 1. The van der Waals surface area contributed by atoms with E-state index in [0.29, 0.717) is 17.9 Å². The number of rotatable bonds is 3. The number of aromatic nitrogens is 3. The molecule has 0 unspecified atom stereocenters. The largest absolute Gasteiger partial charge is 0.345 e. The maximum atomic E-state index is 12.2. The van der Waals surface area contributed by atoms with Crippen LogP contribution >= 0.6 is 0 Å². The van der Waals surface area contributed by atoms with Crippen molar-refractivity contribution < 1.29 is 4.79 Å². The van der Waals surface area contributed by atoms with Crippen molar-refractivity contribution in [3.63, 3.8) is 0 Å². The Hall–Kier alpha value is -2.65. The fraction of sp³-hybridized carbons (Fsp3) is 0.267. The molecule has 3 N–H and O–H groups in total. The molecule has 0 saturated heterocycles. The Bertz CT molecular complexity index is 708. The van der Waals surface area contributed by atoms with E-state index in [2.05, 4.69) is 27.2 Å². The highest BCUT2D eigenvalue weighted by atomic mass is 16.1. The van der Waals surface area contributed by atoms with E-state index in [0.717, 1.165) is 11.1 Å². The van der Waals surface area contributed by atoms with Crippen molar-refractivity contribution in [1.29, 1.82) is 0 Å². The molecule has 1 aromatic carbocycles. The van der Waals surface area contributed by atoms with Crippen LogP contribution in [0.15, 0.2) is 24.5 Å². The average molecular weight is 283 g/mol. The van der Waals surface area contributed by atoms with E-state index in [1.165, 1.54) is 0 Å². The number of carbonyl (C=O) groups is 1. The maximum Gasteiger partial charge on any atom is 0.251 e. The van der Waals surface area contributed by atoms with Gasteiger partial charge in [0.25, 0.3) is 5.91 Å². The maximum absolute atomic E-state index is 12.2. The third-order valence-electron chi connectivity index (χ3n) is 2.96. The van der Waals surface area contributed by atoms with Crippen molar-refractivity contribution in [2.45, 2.75) is 13.5 Å². The van der Waals surface area contributed by atoms with Crippen LogP contribution in [0.2, 0.25) is 0 Å². The van der Waals surface area contributed by atoms with Crippen LogP contribution in [-0.4, -0.2) is 27.2 Å². The highest BCUT2D eigenvalue weighted by Gasteiger charge is 2.11. The topological polar surface area (TPSA) is 85.8 Å². The van der Waals surface area contributed by atoms with E-state index < -0.39 is 0 Å². The zero-order chi connectivity index (χ0) is 15.2. The van der Waals surface area contributed by atoms with Crippen molar-refractivity contribution in [3.05, 3.63) is 47.0 Å². The first-order chi connectivity index (χ1) is 10.1. The first-order valence-corrected chi connectivity index (χ1v) is 6.53. The molecule has 0 fully saturated rings. The normalized spacial score (nSPS) is 9.86. The average Bonchev–Trinajstić information content (AvgIpc) is 2.89. The van der Waals surface area contributed by atoms with Gasteiger partial charge >= 0.3 is 0 Å². The van der Waals surface area contributed by atoms with Crippen LogP contribution in [0.1, 0.15) is 27.3 Å². The molecule has 1 heterocycles. The van der Waals surface area contributed by atoms with E-state index in [-0.39, 0.29) is 12.5 Å². The van der Waals surface area contributed by atoms with Gasteiger partial charge in [0.15, 0.2) is 5.82 Å². The Kier molecular flexibility index (Phi) is 4.69. The molecule has 1 amide bonds. The molecular weight excluding hydrogens is 266 g/mol. The second-order valence-corrected chi connectivity index (χ2v) is 4.50. The van der Waals surface area contributed by atoms with Crippen LogP contribution in [-0.2, 0) is 13.6 Å². The molecule has 0 aliphatic heterocycles. The first-order valence-electron chi connectivity index (χ1n) is 6.53. The fourth-order valence-electron chi connectivity index (χ4n) is 1.88. The van der Waals surface area contributed by atoms with Gasteiger partial charge in [-0.15, -0.1) is 0 Å². The number of aryl methyl sites for hydroxylation is 1. The summed E-state index contributed by atoms with van der Waals surface area (Å²) in [5.74, 6) is 6.16. The van der Waals surface area contributed by atoms with Crippen LogP contribution in [0.5, 0.6) is 0 Å². The molecule has 0 aliphatic rings. The van der Waals surface area contributed by atoms with Gasteiger partial charge in [-0.2, -0.15) is 5.10 Å². The smallest absolute Gasteiger partial charge is 0.251 e. The van der Waals surface area contributed by atoms with Crippen molar-refractivity contribution in [2.24, 2.45) is 12.8 Å². The zero-order valence-corrected chi connectivity index (χ0v) is 12.1. The Balaban J connectivity index is 2.12. The SMILES string of the molecule is Cc1c(C#CCN)cccc1C(=O)NCc1ncn(C)n1. The van der Waals surface area contributed by atoms with Crippen molar-refractivity contribution in [2.75, 3.05) is 6.54 Å². The first kappa shape index (κ1) is 14.8. The van der Waals surface area contributed by atoms with Crippen LogP contribution < -0.4 is 11.1 Å². The van der Waals surface area contributed by atoms with E-state index in [1.807, 2.05) is 19.1 Å². The summed E-state index contributed by atoms with van der Waals surface area (Å²) in [6.45, 7) is 2.45. The third kappa shape index (κ3) is 3.68. The second kappa shape index (κ2) is 6.68. The van der Waals surface area contributed by atoms with Crippen LogP contribution in [0.4, 0.5) is 0 Å². The predicted molar refractivity (Wildman–Crippen MR) is 79.3 cm³/mol. The number of amides is 1. The number of carbonyl (C=O) groups excluding carboxylic acids is 1. The molecule has 2 rings (SSSR count). The molecule has 108 valence electrons. The Labute approximate surface area is 123 Å². The molecule has 0 atom stereocenters. The summed E-state index contributed by atoms with van der Waals surface area (Å²) >= 11 is 0. The van der Waals surface area contributed by atoms with Gasteiger partial charge in [0.2, 0.25) is 0 Å². The molecule has 0 aliphatic carbocycles. The molecule has 0 saturated carbocycles. The molecular formula is C15H17N5O. The van der Waals surface area contributed by atoms with E-state index in [1.54, 1.807) is 24.1 Å². The Morgan fingerprint density at radius 1 is 1.48 bits per heavy atom. The van der Waals surface area contributed by atoms with E-state index in [9.17, 15) is 4.79 Å². The van der Waals surface area contributed by atoms with E-state index >= 15 is 0 Å². The fourth-order valence-corrected chi connectivity index (χ4v) is 1.88. The lowest BCUT2D eigenvalue weighted by Gasteiger charge is -2.07. The quantitative estimate of drug-likeness (QED) is 0.797. The van der Waals surface area contributed by atoms with Gasteiger partial charge < -0.3 is 11.1 Å². The molecule has 0 bridgehead atoms. The Morgan fingerprint density at radius 3 is 2.95 bits per heavy atom. The van der Waals surface area contributed by atoms with Gasteiger partial charge in [0.1, 0.15) is 6.33 Å². The molecule has 0 spiro atoms. The minimum Gasteiger partial charge on any atom is -0.345 e. The minimum atomic E-state index is -0.170. The van der Waals surface area contributed by atoms with Crippen molar-refractivity contribution in [3.8, 4) is 11.8 Å². The molecule has 21 heavy (non-hydrogen) atoms. The van der Waals surface area contributed by atoms with Gasteiger partial charge in [-0.1, -0.05) is 17.9 Å². The summed E-state index contributed by atoms with van der Waals surface area (Å²) in [6.07, 6.45) is 1.59. The highest BCUT2D eigenvalue weighted by molar-refractivity contribution is 5.96. The van der Waals surface area contributed by atoms with Gasteiger partial charge in [-0.3, -0.25) is 9.48 Å². The second-order valence-electron chi connectivity index (χ2n) is 4.50. The summed E-state index contributed by atoms with van der Waals surface area (Å²) in [5.41, 5.74) is 7.61. The molecule has 0 radical (unpaired) electrons. The van der Waals surface area contributed by atoms with Crippen LogP contribution in [0.3, 0.4) is 0 Å². The lowest BCUT2D eigenvalue weighted by atomic mass is 10.0. The summed E-state index contributed by atoms with van der Waals surface area (Å²) in [7, 11) is 1.78. The third-order valence-corrected chi connectivity index (χ3v) is 2.96. The molecule has 6 heteroatoms. The van der Waals surface area contributed by atoms with E-state index in [4.69, 9.17) is 5.73 Å². The summed E-state index contributed by atoms with van der Waals surface area (Å²) in [5, 5.41) is 6.91. The Morgan fingerprint density at radius 2 is 2.29 bits per heavy atom. The summed E-state index contributed by atoms with van der Waals surface area (Å²) in [4.78, 5) is 16.3. The number of nitrogens with zero attached hydrogens (tertiary/aromatic N) is 3.